The van der Waals surface area contributed by atoms with Crippen LogP contribution in [0.1, 0.15) is 35.7 Å². The normalized spacial score (nSPS) is 19.7. The van der Waals surface area contributed by atoms with Crippen LogP contribution >= 0.6 is 0 Å². The third kappa shape index (κ3) is 3.06. The van der Waals surface area contributed by atoms with Crippen molar-refractivity contribution in [2.24, 2.45) is 0 Å². The summed E-state index contributed by atoms with van der Waals surface area (Å²) in [5.41, 5.74) is -0.661. The highest BCUT2D eigenvalue weighted by Crippen LogP contribution is 2.29. The van der Waals surface area contributed by atoms with Crippen LogP contribution in [-0.2, 0) is 23.3 Å². The minimum Gasteiger partial charge on any atom is -0.501 e. The monoisotopic (exact) mass is 371 g/mol. The van der Waals surface area contributed by atoms with Crippen molar-refractivity contribution in [1.82, 2.24) is 14.9 Å². The molecule has 142 valence electrons. The molecule has 8 nitrogen and oxygen atoms in total. The molecule has 0 radical (unpaired) electrons. The fourth-order valence-corrected chi connectivity index (χ4v) is 3.48. The van der Waals surface area contributed by atoms with Crippen LogP contribution in [0.3, 0.4) is 0 Å². The average molecular weight is 371 g/mol. The first-order valence-corrected chi connectivity index (χ1v) is 8.88. The van der Waals surface area contributed by atoms with Gasteiger partial charge in [-0.05, 0) is 25.5 Å². The van der Waals surface area contributed by atoms with Crippen molar-refractivity contribution in [3.05, 3.63) is 51.7 Å². The van der Waals surface area contributed by atoms with Gasteiger partial charge in [-0.2, -0.15) is 0 Å². The number of hydrogen-bond donors (Lipinski definition) is 2. The van der Waals surface area contributed by atoms with Crippen LogP contribution in [0.5, 0.6) is 11.5 Å². The van der Waals surface area contributed by atoms with Gasteiger partial charge in [0.05, 0.1) is 19.7 Å². The van der Waals surface area contributed by atoms with E-state index in [4.69, 9.17) is 9.47 Å². The molecule has 0 saturated carbocycles. The number of aromatic nitrogens is 2. The standard InChI is InChI=1S/C19H21N3O5/c1-19(2)18-21-14(15(23)17(25)22(18)7-8-26-19)16(24)20-10-12-9-11-5-3-4-6-13(11)27-12/h3-6,12,23H,7-10H2,1-2H3,(H,20,24). The highest BCUT2D eigenvalue weighted by atomic mass is 16.5. The second-order valence-corrected chi connectivity index (χ2v) is 7.21. The molecule has 0 fully saturated rings. The summed E-state index contributed by atoms with van der Waals surface area (Å²) >= 11 is 0. The molecule has 2 aliphatic heterocycles. The Morgan fingerprint density at radius 2 is 2.19 bits per heavy atom. The number of para-hydroxylation sites is 1. The number of ether oxygens (including phenoxy) is 2. The molecule has 8 heteroatoms. The Hall–Kier alpha value is -2.87. The number of benzene rings is 1. The number of nitrogens with zero attached hydrogens (tertiary/aromatic N) is 2. The Bertz CT molecular complexity index is 941. The van der Waals surface area contributed by atoms with Gasteiger partial charge < -0.3 is 19.9 Å². The summed E-state index contributed by atoms with van der Waals surface area (Å²) in [6, 6.07) is 7.70. The summed E-state index contributed by atoms with van der Waals surface area (Å²) in [4.78, 5) is 29.3. The van der Waals surface area contributed by atoms with Gasteiger partial charge in [-0.25, -0.2) is 4.98 Å². The van der Waals surface area contributed by atoms with Crippen LogP contribution in [0.15, 0.2) is 29.1 Å². The largest absolute Gasteiger partial charge is 0.501 e. The maximum absolute atomic E-state index is 12.6. The number of hydrogen-bond acceptors (Lipinski definition) is 6. The van der Waals surface area contributed by atoms with Crippen molar-refractivity contribution in [3.8, 4) is 11.5 Å². The predicted molar refractivity (Wildman–Crippen MR) is 96.0 cm³/mol. The number of nitrogens with one attached hydrogen (secondary N) is 1. The van der Waals surface area contributed by atoms with Crippen molar-refractivity contribution < 1.29 is 19.4 Å². The fraction of sp³-hybridized carbons (Fsp3) is 0.421. The van der Waals surface area contributed by atoms with Crippen LogP contribution in [0.4, 0.5) is 0 Å². The number of amides is 1. The Morgan fingerprint density at radius 1 is 1.41 bits per heavy atom. The molecular formula is C19H21N3O5. The summed E-state index contributed by atoms with van der Waals surface area (Å²) in [6.07, 6.45) is 0.482. The Balaban J connectivity index is 1.53. The zero-order chi connectivity index (χ0) is 19.2. The van der Waals surface area contributed by atoms with Crippen molar-refractivity contribution in [3.63, 3.8) is 0 Å². The summed E-state index contributed by atoms with van der Waals surface area (Å²) in [5.74, 6) is -0.131. The van der Waals surface area contributed by atoms with Gasteiger partial charge in [-0.1, -0.05) is 18.2 Å². The van der Waals surface area contributed by atoms with E-state index >= 15 is 0 Å². The second-order valence-electron chi connectivity index (χ2n) is 7.21. The van der Waals surface area contributed by atoms with E-state index in [-0.39, 0.29) is 24.9 Å². The quantitative estimate of drug-likeness (QED) is 0.833. The molecule has 1 amide bonds. The van der Waals surface area contributed by atoms with Crippen LogP contribution in [0, 0.1) is 0 Å². The first-order valence-electron chi connectivity index (χ1n) is 8.88. The highest BCUT2D eigenvalue weighted by molar-refractivity contribution is 5.94. The van der Waals surface area contributed by atoms with E-state index in [2.05, 4.69) is 10.3 Å². The van der Waals surface area contributed by atoms with Crippen LogP contribution in [0.25, 0.3) is 0 Å². The van der Waals surface area contributed by atoms with Crippen molar-refractivity contribution >= 4 is 5.91 Å². The number of aromatic hydroxyl groups is 1. The van der Waals surface area contributed by atoms with Gasteiger partial charge >= 0.3 is 0 Å². The van der Waals surface area contributed by atoms with Gasteiger partial charge in [-0.3, -0.25) is 14.2 Å². The number of fused-ring (bicyclic) bond motifs is 2. The molecule has 1 aromatic carbocycles. The molecule has 0 saturated heterocycles. The number of carbonyl (C=O) groups excluding carboxylic acids is 1. The maximum atomic E-state index is 12.6. The zero-order valence-corrected chi connectivity index (χ0v) is 15.2. The molecule has 27 heavy (non-hydrogen) atoms. The molecule has 0 spiro atoms. The lowest BCUT2D eigenvalue weighted by Crippen LogP contribution is -2.43. The third-order valence-electron chi connectivity index (χ3n) is 4.88. The van der Waals surface area contributed by atoms with Crippen LogP contribution in [-0.4, -0.2) is 39.8 Å². The molecule has 2 N–H and O–H groups in total. The molecular weight excluding hydrogens is 350 g/mol. The van der Waals surface area contributed by atoms with E-state index in [0.717, 1.165) is 11.3 Å². The third-order valence-corrected chi connectivity index (χ3v) is 4.88. The lowest BCUT2D eigenvalue weighted by Gasteiger charge is -2.32. The smallest absolute Gasteiger partial charge is 0.296 e. The summed E-state index contributed by atoms with van der Waals surface area (Å²) < 4.78 is 12.8. The Morgan fingerprint density at radius 3 is 2.96 bits per heavy atom. The van der Waals surface area contributed by atoms with Gasteiger partial charge in [0, 0.05) is 6.42 Å². The van der Waals surface area contributed by atoms with E-state index in [0.29, 0.717) is 18.9 Å². The van der Waals surface area contributed by atoms with E-state index in [1.807, 2.05) is 24.3 Å². The minimum absolute atomic E-state index is 0.202. The molecule has 4 rings (SSSR count). The van der Waals surface area contributed by atoms with Crippen molar-refractivity contribution in [1.29, 1.82) is 0 Å². The molecule has 1 aromatic heterocycles. The zero-order valence-electron chi connectivity index (χ0n) is 15.2. The molecule has 3 heterocycles. The topological polar surface area (TPSA) is 103 Å². The lowest BCUT2D eigenvalue weighted by atomic mass is 10.1. The van der Waals surface area contributed by atoms with Gasteiger partial charge in [0.2, 0.25) is 5.75 Å². The van der Waals surface area contributed by atoms with Crippen LogP contribution in [0.2, 0.25) is 0 Å². The Labute approximate surface area is 155 Å². The second kappa shape index (κ2) is 6.38. The predicted octanol–water partition coefficient (Wildman–Crippen LogP) is 0.948. The molecule has 1 atom stereocenters. The molecule has 2 aromatic rings. The SMILES string of the molecule is CC1(C)OCCn2c1nc(C(=O)NCC1Cc3ccccc3O1)c(O)c2=O. The van der Waals surface area contributed by atoms with E-state index in [1.54, 1.807) is 13.8 Å². The van der Waals surface area contributed by atoms with Crippen molar-refractivity contribution in [2.45, 2.75) is 38.5 Å². The maximum Gasteiger partial charge on any atom is 0.296 e. The van der Waals surface area contributed by atoms with E-state index in [1.165, 1.54) is 4.57 Å². The summed E-state index contributed by atoms with van der Waals surface area (Å²) in [5, 5.41) is 12.9. The first-order chi connectivity index (χ1) is 12.9. The average Bonchev–Trinajstić information content (AvgIpc) is 3.05. The van der Waals surface area contributed by atoms with E-state index in [9.17, 15) is 14.7 Å². The van der Waals surface area contributed by atoms with E-state index < -0.39 is 22.8 Å². The molecule has 1 unspecified atom stereocenters. The molecule has 0 aliphatic carbocycles. The molecule has 0 bridgehead atoms. The Kier molecular flexibility index (Phi) is 4.15. The van der Waals surface area contributed by atoms with Gasteiger partial charge in [0.15, 0.2) is 5.69 Å². The summed E-state index contributed by atoms with van der Waals surface area (Å²) in [7, 11) is 0. The van der Waals surface area contributed by atoms with Crippen molar-refractivity contribution in [2.75, 3.05) is 13.2 Å². The van der Waals surface area contributed by atoms with Crippen LogP contribution < -0.4 is 15.6 Å². The number of carbonyl (C=O) groups is 1. The first kappa shape index (κ1) is 17.5. The molecule has 2 aliphatic rings. The fourth-order valence-electron chi connectivity index (χ4n) is 3.48. The number of rotatable bonds is 3. The minimum atomic E-state index is -0.823. The van der Waals surface area contributed by atoms with Gasteiger partial charge in [-0.15, -0.1) is 0 Å². The lowest BCUT2D eigenvalue weighted by molar-refractivity contribution is -0.0566. The summed E-state index contributed by atoms with van der Waals surface area (Å²) in [6.45, 7) is 4.41. The van der Waals surface area contributed by atoms with Gasteiger partial charge in [0.1, 0.15) is 23.3 Å². The van der Waals surface area contributed by atoms with Gasteiger partial charge in [0.25, 0.3) is 11.5 Å². The highest BCUT2D eigenvalue weighted by Gasteiger charge is 2.34.